The van der Waals surface area contributed by atoms with Crippen molar-refractivity contribution < 1.29 is 4.42 Å². The van der Waals surface area contributed by atoms with Gasteiger partial charge in [-0.25, -0.2) is 0 Å². The van der Waals surface area contributed by atoms with Crippen molar-refractivity contribution in [2.24, 2.45) is 0 Å². The lowest BCUT2D eigenvalue weighted by molar-refractivity contribution is 0.573. The zero-order valence-electron chi connectivity index (χ0n) is 11.9. The van der Waals surface area contributed by atoms with E-state index in [1.165, 1.54) is 22.1 Å². The minimum Gasteiger partial charge on any atom is -0.461 e. The van der Waals surface area contributed by atoms with Crippen LogP contribution in [-0.2, 0) is 6.42 Å². The van der Waals surface area contributed by atoms with Crippen molar-refractivity contribution in [1.29, 1.82) is 0 Å². The summed E-state index contributed by atoms with van der Waals surface area (Å²) >= 11 is 0. The fraction of sp³-hybridized carbons (Fsp3) is 0.158. The average molecular weight is 262 g/mol. The highest BCUT2D eigenvalue weighted by molar-refractivity contribution is 5.82. The maximum Gasteiger partial charge on any atom is 0.134 e. The second-order valence-electron chi connectivity index (χ2n) is 5.21. The fourth-order valence-corrected chi connectivity index (χ4v) is 2.60. The van der Waals surface area contributed by atoms with Crippen molar-refractivity contribution >= 4 is 17.0 Å². The van der Waals surface area contributed by atoms with Gasteiger partial charge < -0.3 is 4.42 Å². The Labute approximate surface area is 119 Å². The molecule has 100 valence electrons. The molecule has 1 aromatic heterocycles. The molecule has 0 saturated heterocycles. The Kier molecular flexibility index (Phi) is 3.42. The van der Waals surface area contributed by atoms with Crippen molar-refractivity contribution in [3.05, 3.63) is 77.1 Å². The summed E-state index contributed by atoms with van der Waals surface area (Å²) in [5.41, 5.74) is 4.86. The average Bonchev–Trinajstić information content (AvgIpc) is 2.76. The molecule has 1 heterocycles. The molecule has 0 bridgehead atoms. The van der Waals surface area contributed by atoms with Crippen molar-refractivity contribution in [3.63, 3.8) is 0 Å². The quantitative estimate of drug-likeness (QED) is 0.617. The van der Waals surface area contributed by atoms with Gasteiger partial charge in [0.2, 0.25) is 0 Å². The number of aryl methyl sites for hydroxylation is 1. The summed E-state index contributed by atoms with van der Waals surface area (Å²) in [5, 5.41) is 1.23. The van der Waals surface area contributed by atoms with Gasteiger partial charge in [-0.3, -0.25) is 0 Å². The Morgan fingerprint density at radius 2 is 1.70 bits per heavy atom. The van der Waals surface area contributed by atoms with Crippen molar-refractivity contribution in [1.82, 2.24) is 0 Å². The Morgan fingerprint density at radius 1 is 1.00 bits per heavy atom. The molecule has 0 spiro atoms. The highest BCUT2D eigenvalue weighted by Crippen LogP contribution is 2.27. The van der Waals surface area contributed by atoms with Gasteiger partial charge in [-0.2, -0.15) is 0 Å². The molecule has 0 fully saturated rings. The van der Waals surface area contributed by atoms with E-state index in [0.717, 1.165) is 17.8 Å². The Bertz CT molecular complexity index is 748. The number of allylic oxidation sites excluding steroid dienone is 1. The second-order valence-corrected chi connectivity index (χ2v) is 5.21. The first-order valence-corrected chi connectivity index (χ1v) is 6.93. The van der Waals surface area contributed by atoms with Crippen molar-refractivity contribution in [2.45, 2.75) is 20.3 Å². The van der Waals surface area contributed by atoms with Crippen LogP contribution < -0.4 is 0 Å². The van der Waals surface area contributed by atoms with Crippen molar-refractivity contribution in [2.75, 3.05) is 0 Å². The molecule has 0 amide bonds. The number of para-hydroxylation sites is 1. The molecule has 1 heteroatoms. The van der Waals surface area contributed by atoms with Crippen LogP contribution in [0.1, 0.15) is 23.8 Å². The van der Waals surface area contributed by atoms with Crippen LogP contribution >= 0.6 is 0 Å². The van der Waals surface area contributed by atoms with E-state index >= 15 is 0 Å². The van der Waals surface area contributed by atoms with Crippen molar-refractivity contribution in [3.8, 4) is 0 Å². The lowest BCUT2D eigenvalue weighted by atomic mass is 10.0. The van der Waals surface area contributed by atoms with Gasteiger partial charge in [-0.1, -0.05) is 60.2 Å². The number of benzene rings is 2. The Balaban J connectivity index is 1.93. The van der Waals surface area contributed by atoms with Crippen LogP contribution in [-0.4, -0.2) is 0 Å². The molecule has 0 aliphatic rings. The van der Waals surface area contributed by atoms with E-state index in [2.05, 4.69) is 49.4 Å². The van der Waals surface area contributed by atoms with Gasteiger partial charge >= 0.3 is 0 Å². The van der Waals surface area contributed by atoms with Crippen LogP contribution in [0.15, 0.2) is 64.6 Å². The summed E-state index contributed by atoms with van der Waals surface area (Å²) in [4.78, 5) is 0. The van der Waals surface area contributed by atoms with Crippen LogP contribution in [0.4, 0.5) is 0 Å². The summed E-state index contributed by atoms with van der Waals surface area (Å²) < 4.78 is 5.82. The smallest absolute Gasteiger partial charge is 0.134 e. The van der Waals surface area contributed by atoms with E-state index in [-0.39, 0.29) is 0 Å². The number of furan rings is 1. The normalized spacial score (nSPS) is 12.0. The van der Waals surface area contributed by atoms with Crippen LogP contribution in [0.25, 0.3) is 17.0 Å². The Hall–Kier alpha value is -2.28. The van der Waals surface area contributed by atoms with Crippen LogP contribution in [0.5, 0.6) is 0 Å². The standard InChI is InChI=1S/C19H18O/c1-14(12-16-8-4-3-5-9-16)13-18-15(2)20-19-11-7-6-10-17(18)19/h3-12H,13H2,1-2H3/b14-12+. The first-order chi connectivity index (χ1) is 9.74. The third-order valence-corrected chi connectivity index (χ3v) is 3.57. The van der Waals surface area contributed by atoms with Gasteiger partial charge in [0.05, 0.1) is 0 Å². The number of fused-ring (bicyclic) bond motifs is 1. The first-order valence-electron chi connectivity index (χ1n) is 6.93. The lowest BCUT2D eigenvalue weighted by Gasteiger charge is -2.02. The third-order valence-electron chi connectivity index (χ3n) is 3.57. The molecule has 0 N–H and O–H groups in total. The SMILES string of the molecule is C/C(=C\c1ccccc1)Cc1c(C)oc2ccccc12. The molecule has 0 unspecified atom stereocenters. The molecule has 0 atom stereocenters. The van der Waals surface area contributed by atoms with Gasteiger partial charge in [0, 0.05) is 10.9 Å². The van der Waals surface area contributed by atoms with Gasteiger partial charge in [-0.15, -0.1) is 0 Å². The first kappa shape index (κ1) is 12.7. The second kappa shape index (κ2) is 5.38. The van der Waals surface area contributed by atoms with Gasteiger partial charge in [0.15, 0.2) is 0 Å². The number of rotatable bonds is 3. The maximum absolute atomic E-state index is 5.82. The molecule has 2 aromatic carbocycles. The molecule has 0 radical (unpaired) electrons. The van der Waals surface area contributed by atoms with E-state index in [1.54, 1.807) is 0 Å². The lowest BCUT2D eigenvalue weighted by Crippen LogP contribution is -1.88. The van der Waals surface area contributed by atoms with E-state index < -0.39 is 0 Å². The molecular weight excluding hydrogens is 244 g/mol. The largest absolute Gasteiger partial charge is 0.461 e. The zero-order chi connectivity index (χ0) is 13.9. The number of hydrogen-bond acceptors (Lipinski definition) is 1. The van der Waals surface area contributed by atoms with E-state index in [1.807, 2.05) is 25.1 Å². The molecule has 0 aliphatic heterocycles. The minimum absolute atomic E-state index is 0.928. The summed E-state index contributed by atoms with van der Waals surface area (Å²) in [5.74, 6) is 1.02. The highest BCUT2D eigenvalue weighted by Gasteiger charge is 2.10. The highest BCUT2D eigenvalue weighted by atomic mass is 16.3. The van der Waals surface area contributed by atoms with Crippen LogP contribution in [0, 0.1) is 6.92 Å². The van der Waals surface area contributed by atoms with Crippen LogP contribution in [0.3, 0.4) is 0 Å². The summed E-state index contributed by atoms with van der Waals surface area (Å²) in [6.07, 6.45) is 3.17. The predicted molar refractivity (Wildman–Crippen MR) is 84.7 cm³/mol. The summed E-state index contributed by atoms with van der Waals surface area (Å²) in [6.45, 7) is 4.22. The van der Waals surface area contributed by atoms with E-state index in [4.69, 9.17) is 4.42 Å². The Morgan fingerprint density at radius 3 is 2.50 bits per heavy atom. The topological polar surface area (TPSA) is 13.1 Å². The van der Waals surface area contributed by atoms with E-state index in [0.29, 0.717) is 0 Å². The predicted octanol–water partition coefficient (Wildman–Crippen LogP) is 5.39. The molecule has 3 aromatic rings. The number of hydrogen-bond donors (Lipinski definition) is 0. The maximum atomic E-state index is 5.82. The van der Waals surface area contributed by atoms with Gasteiger partial charge in [0.1, 0.15) is 11.3 Å². The van der Waals surface area contributed by atoms with E-state index in [9.17, 15) is 0 Å². The molecule has 1 nitrogen and oxygen atoms in total. The van der Waals surface area contributed by atoms with Crippen LogP contribution in [0.2, 0.25) is 0 Å². The molecular formula is C19H18O. The zero-order valence-corrected chi connectivity index (χ0v) is 11.9. The molecule has 3 rings (SSSR count). The third kappa shape index (κ3) is 2.53. The summed E-state index contributed by atoms with van der Waals surface area (Å²) in [6, 6.07) is 18.7. The minimum atomic E-state index is 0.928. The van der Waals surface area contributed by atoms with Gasteiger partial charge in [-0.05, 0) is 31.9 Å². The fourth-order valence-electron chi connectivity index (χ4n) is 2.60. The monoisotopic (exact) mass is 262 g/mol. The van der Waals surface area contributed by atoms with Gasteiger partial charge in [0.25, 0.3) is 0 Å². The molecule has 20 heavy (non-hydrogen) atoms. The summed E-state index contributed by atoms with van der Waals surface area (Å²) in [7, 11) is 0. The molecule has 0 aliphatic carbocycles. The molecule has 0 saturated carbocycles.